The highest BCUT2D eigenvalue weighted by Crippen LogP contribution is 2.31. The Hall–Kier alpha value is -2.55. The number of rotatable bonds is 4. The van der Waals surface area contributed by atoms with Crippen molar-refractivity contribution >= 4 is 86.8 Å². The quantitative estimate of drug-likeness (QED) is 0.259. The first-order chi connectivity index (χ1) is 15.1. The molecule has 1 aromatic heterocycles. The average Bonchev–Trinajstić information content (AvgIpc) is 3.16. The standard InChI is InChI=1S/C19H14ClFIN5O3S2/c20-16-5-6-17(31-16)32(29,30)26-19(28)25-11-2-4-15(13(21)8-11)27-9-22-14-7-10(23)1-3-12(14)18(27)24/h1-9,24H,23H2,(H2,25,26,28). The SMILES string of the molecule is N=C1c2ccc(N)cc2I=CN1c1ccc(NC(=O)NS(=O)(=O)c2ccc(Cl)s2)cc1F. The summed E-state index contributed by atoms with van der Waals surface area (Å²) in [5.74, 6) is -0.566. The lowest BCUT2D eigenvalue weighted by Gasteiger charge is -2.26. The Morgan fingerprint density at radius 1 is 1.19 bits per heavy atom. The third-order valence-electron chi connectivity index (χ3n) is 4.26. The van der Waals surface area contributed by atoms with E-state index >= 15 is 0 Å². The van der Waals surface area contributed by atoms with E-state index in [1.807, 2.05) is 10.8 Å². The molecule has 0 spiro atoms. The molecule has 2 amide bonds. The number of benzene rings is 2. The van der Waals surface area contributed by atoms with Gasteiger partial charge in [0.25, 0.3) is 10.0 Å². The van der Waals surface area contributed by atoms with E-state index in [0.29, 0.717) is 11.3 Å². The van der Waals surface area contributed by atoms with Crippen LogP contribution in [-0.2, 0) is 10.0 Å². The molecule has 2 aromatic carbocycles. The fraction of sp³-hybridized carbons (Fsp3) is 0. The lowest BCUT2D eigenvalue weighted by atomic mass is 10.1. The molecule has 166 valence electrons. The molecule has 5 N–H and O–H groups in total. The molecule has 0 unspecified atom stereocenters. The molecule has 0 saturated carbocycles. The van der Waals surface area contributed by atoms with E-state index in [-0.39, 0.29) is 25.8 Å². The van der Waals surface area contributed by atoms with Gasteiger partial charge in [-0.25, -0.2) is 22.3 Å². The first-order valence-electron chi connectivity index (χ1n) is 8.77. The fourth-order valence-electron chi connectivity index (χ4n) is 2.82. The molecule has 0 atom stereocenters. The zero-order valence-electron chi connectivity index (χ0n) is 15.9. The third-order valence-corrected chi connectivity index (χ3v) is 9.71. The molecule has 0 saturated heterocycles. The van der Waals surface area contributed by atoms with Gasteiger partial charge in [0.05, 0.1) is 10.0 Å². The molecule has 0 bridgehead atoms. The summed E-state index contributed by atoms with van der Waals surface area (Å²) in [7, 11) is -4.10. The first-order valence-corrected chi connectivity index (χ1v) is 13.8. The molecule has 1 aliphatic rings. The number of halogens is 3. The maximum Gasteiger partial charge on any atom is 0.333 e. The minimum Gasteiger partial charge on any atom is -0.399 e. The predicted octanol–water partition coefficient (Wildman–Crippen LogP) is 4.38. The van der Waals surface area contributed by atoms with Gasteiger partial charge >= 0.3 is 6.03 Å². The molecule has 3 aromatic rings. The highest BCUT2D eigenvalue weighted by molar-refractivity contribution is 14.2. The molecular formula is C19H14ClFIN5O3S2. The van der Waals surface area contributed by atoms with Crippen LogP contribution in [0.3, 0.4) is 0 Å². The fourth-order valence-corrected chi connectivity index (χ4v) is 7.68. The number of urea groups is 1. The summed E-state index contributed by atoms with van der Waals surface area (Å²) in [5.41, 5.74) is 7.30. The minimum atomic E-state index is -4.10. The number of nitrogens with two attached hydrogens (primary N) is 1. The van der Waals surface area contributed by atoms with E-state index in [0.717, 1.165) is 21.0 Å². The van der Waals surface area contributed by atoms with Gasteiger partial charge in [0.1, 0.15) is 15.9 Å². The summed E-state index contributed by atoms with van der Waals surface area (Å²) in [4.78, 5) is 13.6. The van der Waals surface area contributed by atoms with Crippen molar-refractivity contribution in [3.8, 4) is 0 Å². The summed E-state index contributed by atoms with van der Waals surface area (Å²) >= 11 is 5.91. The molecule has 1 aliphatic heterocycles. The van der Waals surface area contributed by atoms with Crippen molar-refractivity contribution in [2.45, 2.75) is 4.21 Å². The van der Waals surface area contributed by atoms with Crippen LogP contribution in [0.25, 0.3) is 0 Å². The van der Waals surface area contributed by atoms with E-state index in [1.54, 1.807) is 16.3 Å². The number of thiophene rings is 1. The van der Waals surface area contributed by atoms with Crippen LogP contribution in [0.5, 0.6) is 0 Å². The van der Waals surface area contributed by atoms with Crippen molar-refractivity contribution in [2.24, 2.45) is 0 Å². The number of nitrogens with one attached hydrogen (secondary N) is 3. The van der Waals surface area contributed by atoms with E-state index in [1.165, 1.54) is 29.2 Å². The zero-order chi connectivity index (χ0) is 23.0. The van der Waals surface area contributed by atoms with Crippen molar-refractivity contribution in [2.75, 3.05) is 16.0 Å². The number of amidine groups is 1. The van der Waals surface area contributed by atoms with Crippen LogP contribution in [0.2, 0.25) is 4.34 Å². The topological polar surface area (TPSA) is 128 Å². The highest BCUT2D eigenvalue weighted by Gasteiger charge is 2.23. The maximum atomic E-state index is 14.8. The van der Waals surface area contributed by atoms with Gasteiger partial charge in [0.15, 0.2) is 0 Å². The number of anilines is 3. The lowest BCUT2D eigenvalue weighted by molar-refractivity contribution is 0.256. The van der Waals surface area contributed by atoms with Crippen molar-refractivity contribution in [3.05, 3.63) is 67.8 Å². The highest BCUT2D eigenvalue weighted by atomic mass is 127. The van der Waals surface area contributed by atoms with Crippen molar-refractivity contribution in [1.29, 1.82) is 5.41 Å². The molecule has 13 heteroatoms. The molecule has 0 radical (unpaired) electrons. The van der Waals surface area contributed by atoms with E-state index in [9.17, 15) is 17.6 Å². The Morgan fingerprint density at radius 2 is 1.97 bits per heavy atom. The molecule has 8 nitrogen and oxygen atoms in total. The molecule has 0 aliphatic carbocycles. The van der Waals surface area contributed by atoms with E-state index < -0.39 is 42.6 Å². The van der Waals surface area contributed by atoms with Gasteiger partial charge < -0.3 is 11.1 Å². The molecular weight excluding hydrogens is 592 g/mol. The average molecular weight is 606 g/mol. The predicted molar refractivity (Wildman–Crippen MR) is 134 cm³/mol. The van der Waals surface area contributed by atoms with Gasteiger partial charge in [-0.1, -0.05) is 32.3 Å². The van der Waals surface area contributed by atoms with Crippen molar-refractivity contribution < 1.29 is 17.6 Å². The summed E-state index contributed by atoms with van der Waals surface area (Å²) < 4.78 is 44.0. The number of amides is 2. The number of hydrogen-bond donors (Lipinski definition) is 4. The van der Waals surface area contributed by atoms with E-state index in [4.69, 9.17) is 22.7 Å². The monoisotopic (exact) mass is 605 g/mol. The Morgan fingerprint density at radius 3 is 2.66 bits per heavy atom. The van der Waals surface area contributed by atoms with Gasteiger partial charge in [-0.2, -0.15) is 0 Å². The van der Waals surface area contributed by atoms with Crippen LogP contribution >= 0.6 is 43.7 Å². The normalized spacial score (nSPS) is 13.3. The van der Waals surface area contributed by atoms with Crippen LogP contribution in [0.15, 0.2) is 52.7 Å². The summed E-state index contributed by atoms with van der Waals surface area (Å²) in [6.45, 7) is 0. The van der Waals surface area contributed by atoms with Crippen LogP contribution in [-0.4, -0.2) is 24.4 Å². The maximum absolute atomic E-state index is 14.8. The summed E-state index contributed by atoms with van der Waals surface area (Å²) in [5, 5.41) is 10.7. The molecule has 4 rings (SSSR count). The second-order valence-corrected chi connectivity index (χ2v) is 12.4. The van der Waals surface area contributed by atoms with Crippen LogP contribution in [0, 0.1) is 14.8 Å². The minimum absolute atomic E-state index is 0.0505. The van der Waals surface area contributed by atoms with Gasteiger partial charge in [0.2, 0.25) is 0 Å². The van der Waals surface area contributed by atoms with Gasteiger partial charge in [-0.15, -0.1) is 11.3 Å². The molecule has 0 fully saturated rings. The summed E-state index contributed by atoms with van der Waals surface area (Å²) in [6, 6.07) is 10.8. The second-order valence-electron chi connectivity index (χ2n) is 6.45. The Balaban J connectivity index is 1.50. The van der Waals surface area contributed by atoms with Crippen LogP contribution in [0.1, 0.15) is 5.56 Å². The number of nitrogens with zero attached hydrogens (tertiary/aromatic N) is 1. The third kappa shape index (κ3) is 4.62. The smallest absolute Gasteiger partial charge is 0.333 e. The Bertz CT molecular complexity index is 1390. The van der Waals surface area contributed by atoms with Gasteiger partial charge in [-0.05, 0) is 48.5 Å². The largest absolute Gasteiger partial charge is 0.399 e. The first kappa shape index (κ1) is 22.6. The Labute approximate surface area is 201 Å². The number of hydrogen-bond acceptors (Lipinski definition) is 6. The summed E-state index contributed by atoms with van der Waals surface area (Å²) in [6.07, 6.45) is 0. The van der Waals surface area contributed by atoms with Crippen LogP contribution in [0.4, 0.5) is 26.2 Å². The van der Waals surface area contributed by atoms with Crippen molar-refractivity contribution in [1.82, 2.24) is 4.72 Å². The molecule has 2 heterocycles. The zero-order valence-corrected chi connectivity index (χ0v) is 20.4. The Kier molecular flexibility index (Phi) is 6.20. The number of carbonyl (C=O) groups is 1. The van der Waals surface area contributed by atoms with E-state index in [2.05, 4.69) is 5.32 Å². The number of nitrogen functional groups attached to an aromatic ring is 1. The number of carbonyl (C=O) groups excluding carboxylic acids is 1. The van der Waals surface area contributed by atoms with Crippen molar-refractivity contribution in [3.63, 3.8) is 0 Å². The van der Waals surface area contributed by atoms with Gasteiger partial charge in [0, 0.05) is 24.6 Å². The second kappa shape index (κ2) is 8.77. The molecule has 32 heavy (non-hydrogen) atoms. The van der Waals surface area contributed by atoms with Crippen LogP contribution < -0.4 is 20.7 Å². The number of fused-ring (bicyclic) bond motifs is 1. The van der Waals surface area contributed by atoms with Gasteiger partial charge in [-0.3, -0.25) is 10.3 Å². The number of sulfonamides is 1. The lowest BCUT2D eigenvalue weighted by Crippen LogP contribution is -2.34.